The van der Waals surface area contributed by atoms with Crippen molar-refractivity contribution in [3.63, 3.8) is 0 Å². The molecule has 2 aromatic heterocycles. The van der Waals surface area contributed by atoms with Gasteiger partial charge in [-0.25, -0.2) is 4.98 Å². The first-order valence-corrected chi connectivity index (χ1v) is 10.9. The van der Waals surface area contributed by atoms with Gasteiger partial charge < -0.3 is 0 Å². The fourth-order valence-electron chi connectivity index (χ4n) is 3.23. The van der Waals surface area contributed by atoms with Gasteiger partial charge in [0.1, 0.15) is 0 Å². The van der Waals surface area contributed by atoms with Gasteiger partial charge in [-0.05, 0) is 54.0 Å². The molecule has 8 heteroatoms. The average Bonchev–Trinajstić information content (AvgIpc) is 3.24. The molecule has 0 radical (unpaired) electrons. The van der Waals surface area contributed by atoms with E-state index in [2.05, 4.69) is 29.4 Å². The summed E-state index contributed by atoms with van der Waals surface area (Å²) in [6.45, 7) is 6.98. The van der Waals surface area contributed by atoms with E-state index in [1.807, 2.05) is 61.5 Å². The zero-order valence-electron chi connectivity index (χ0n) is 17.3. The van der Waals surface area contributed by atoms with Crippen molar-refractivity contribution in [1.29, 1.82) is 0 Å². The van der Waals surface area contributed by atoms with E-state index in [0.29, 0.717) is 34.3 Å². The first-order chi connectivity index (χ1) is 14.5. The molecular formula is C22H24N6OS. The number of nitrogens with zero attached hydrogens (tertiary/aromatic N) is 6. The molecule has 0 saturated heterocycles. The number of hydrogen-bond donors (Lipinski definition) is 0. The zero-order valence-corrected chi connectivity index (χ0v) is 18.1. The highest BCUT2D eigenvalue weighted by Crippen LogP contribution is 2.33. The lowest BCUT2D eigenvalue weighted by Gasteiger charge is -2.17. The second-order valence-electron chi connectivity index (χ2n) is 7.60. The molecule has 154 valence electrons. The maximum absolute atomic E-state index is 13.2. The molecule has 1 atom stereocenters. The van der Waals surface area contributed by atoms with Crippen LogP contribution in [0.2, 0.25) is 0 Å². The molecule has 4 rings (SSSR count). The Morgan fingerprint density at radius 3 is 2.50 bits per heavy atom. The maximum atomic E-state index is 13.2. The third-order valence-corrected chi connectivity index (χ3v) is 5.98. The maximum Gasteiger partial charge on any atom is 0.262 e. The molecule has 0 aliphatic rings. The van der Waals surface area contributed by atoms with E-state index < -0.39 is 0 Å². The number of tetrazole rings is 1. The van der Waals surface area contributed by atoms with E-state index in [0.717, 1.165) is 12.1 Å². The van der Waals surface area contributed by atoms with Crippen LogP contribution in [0.25, 0.3) is 16.6 Å². The summed E-state index contributed by atoms with van der Waals surface area (Å²) < 4.78 is 3.52. The number of hydrogen-bond acceptors (Lipinski definition) is 6. The van der Waals surface area contributed by atoms with Crippen LogP contribution in [0, 0.1) is 5.92 Å². The van der Waals surface area contributed by atoms with Gasteiger partial charge in [0.2, 0.25) is 0 Å². The number of benzene rings is 2. The van der Waals surface area contributed by atoms with Crippen molar-refractivity contribution in [2.45, 2.75) is 44.1 Å². The predicted molar refractivity (Wildman–Crippen MR) is 119 cm³/mol. The fraction of sp³-hybridized carbons (Fsp3) is 0.318. The molecule has 0 aliphatic heterocycles. The molecule has 4 aromatic rings. The van der Waals surface area contributed by atoms with Crippen molar-refractivity contribution in [2.75, 3.05) is 0 Å². The van der Waals surface area contributed by atoms with Crippen LogP contribution in [0.3, 0.4) is 0 Å². The van der Waals surface area contributed by atoms with E-state index in [1.54, 1.807) is 9.25 Å². The molecule has 2 heterocycles. The highest BCUT2D eigenvalue weighted by atomic mass is 32.2. The van der Waals surface area contributed by atoms with Gasteiger partial charge in [0.25, 0.3) is 5.56 Å². The molecule has 0 spiro atoms. The average molecular weight is 421 g/mol. The van der Waals surface area contributed by atoms with Crippen LogP contribution in [0.15, 0.2) is 64.5 Å². The lowest BCUT2D eigenvalue weighted by Crippen LogP contribution is -2.24. The van der Waals surface area contributed by atoms with Crippen LogP contribution < -0.4 is 5.56 Å². The van der Waals surface area contributed by atoms with Crippen molar-refractivity contribution in [2.24, 2.45) is 5.92 Å². The minimum absolute atomic E-state index is 0.00130. The third-order valence-electron chi connectivity index (χ3n) is 4.90. The van der Waals surface area contributed by atoms with Gasteiger partial charge in [-0.3, -0.25) is 9.36 Å². The molecule has 7 nitrogen and oxygen atoms in total. The second kappa shape index (κ2) is 8.79. The highest BCUT2D eigenvalue weighted by molar-refractivity contribution is 7.99. The highest BCUT2D eigenvalue weighted by Gasteiger charge is 2.21. The van der Waals surface area contributed by atoms with Gasteiger partial charge in [-0.1, -0.05) is 55.9 Å². The van der Waals surface area contributed by atoms with E-state index in [4.69, 9.17) is 4.98 Å². The Morgan fingerprint density at radius 1 is 1.00 bits per heavy atom. The fourth-order valence-corrected chi connectivity index (χ4v) is 4.25. The molecule has 0 fully saturated rings. The Labute approximate surface area is 179 Å². The third kappa shape index (κ3) is 4.14. The normalized spacial score (nSPS) is 12.5. The van der Waals surface area contributed by atoms with Crippen LogP contribution in [0.5, 0.6) is 0 Å². The number of para-hydroxylation sites is 2. The minimum atomic E-state index is -0.0985. The van der Waals surface area contributed by atoms with Crippen LogP contribution in [0.4, 0.5) is 0 Å². The Hall–Kier alpha value is -3.00. The van der Waals surface area contributed by atoms with Crippen LogP contribution in [0.1, 0.15) is 38.3 Å². The topological polar surface area (TPSA) is 78.5 Å². The summed E-state index contributed by atoms with van der Waals surface area (Å²) in [6, 6.07) is 17.3. The monoisotopic (exact) mass is 420 g/mol. The summed E-state index contributed by atoms with van der Waals surface area (Å²) >= 11 is 1.51. The number of rotatable bonds is 7. The molecule has 0 N–H and O–H groups in total. The summed E-state index contributed by atoms with van der Waals surface area (Å²) in [5.41, 5.74) is 1.60. The van der Waals surface area contributed by atoms with E-state index in [1.165, 1.54) is 11.8 Å². The van der Waals surface area contributed by atoms with Gasteiger partial charge >= 0.3 is 0 Å². The Bertz CT molecular complexity index is 1200. The van der Waals surface area contributed by atoms with Gasteiger partial charge in [-0.2, -0.15) is 4.68 Å². The number of fused-ring (bicyclic) bond motifs is 1. The number of thioether (sulfide) groups is 1. The van der Waals surface area contributed by atoms with E-state index >= 15 is 0 Å². The first kappa shape index (κ1) is 20.3. The molecular weight excluding hydrogens is 396 g/mol. The van der Waals surface area contributed by atoms with Crippen LogP contribution in [-0.2, 0) is 6.54 Å². The standard InChI is InChI=1S/C22H24N6OS/c1-15(2)13-14-27-21(29)18-11-7-8-12-19(18)23-22(27)30-16(3)20-24-25-26-28(20)17-9-5-4-6-10-17/h4-12,15-16H,13-14H2,1-3H3. The quantitative estimate of drug-likeness (QED) is 0.328. The van der Waals surface area contributed by atoms with E-state index in [-0.39, 0.29) is 10.8 Å². The molecule has 0 aliphatic carbocycles. The molecule has 2 aromatic carbocycles. The van der Waals surface area contributed by atoms with Gasteiger partial charge in [0.15, 0.2) is 11.0 Å². The van der Waals surface area contributed by atoms with Crippen LogP contribution >= 0.6 is 11.8 Å². The summed E-state index contributed by atoms with van der Waals surface area (Å²) in [6.07, 6.45) is 0.906. The SMILES string of the molecule is CC(C)CCn1c(SC(C)c2nnnn2-c2ccccc2)nc2ccccc2c1=O. The molecule has 0 amide bonds. The summed E-state index contributed by atoms with van der Waals surface area (Å²) in [5, 5.41) is 13.5. The van der Waals surface area contributed by atoms with E-state index in [9.17, 15) is 4.79 Å². The molecule has 1 unspecified atom stereocenters. The lowest BCUT2D eigenvalue weighted by molar-refractivity contribution is 0.480. The largest absolute Gasteiger partial charge is 0.287 e. The second-order valence-corrected chi connectivity index (χ2v) is 8.90. The molecule has 0 saturated carbocycles. The zero-order chi connectivity index (χ0) is 21.1. The van der Waals surface area contributed by atoms with Crippen molar-refractivity contribution in [1.82, 2.24) is 29.8 Å². The first-order valence-electron chi connectivity index (χ1n) is 10.0. The minimum Gasteiger partial charge on any atom is -0.287 e. The Balaban J connectivity index is 1.72. The van der Waals surface area contributed by atoms with Crippen molar-refractivity contribution < 1.29 is 0 Å². The van der Waals surface area contributed by atoms with Gasteiger partial charge in [-0.15, -0.1) is 5.10 Å². The Kier molecular flexibility index (Phi) is 5.94. The van der Waals surface area contributed by atoms with Crippen molar-refractivity contribution in [3.05, 3.63) is 70.8 Å². The van der Waals surface area contributed by atoms with Crippen LogP contribution in [-0.4, -0.2) is 29.8 Å². The lowest BCUT2D eigenvalue weighted by atomic mass is 10.1. The number of aromatic nitrogens is 6. The predicted octanol–water partition coefficient (Wildman–Crippen LogP) is 4.27. The summed E-state index contributed by atoms with van der Waals surface area (Å²) in [7, 11) is 0. The summed E-state index contributed by atoms with van der Waals surface area (Å²) in [5.74, 6) is 1.20. The van der Waals surface area contributed by atoms with Gasteiger partial charge in [0.05, 0.1) is 21.8 Å². The summed E-state index contributed by atoms with van der Waals surface area (Å²) in [4.78, 5) is 18.0. The van der Waals surface area contributed by atoms with Crippen molar-refractivity contribution in [3.8, 4) is 5.69 Å². The van der Waals surface area contributed by atoms with Gasteiger partial charge in [0, 0.05) is 6.54 Å². The smallest absolute Gasteiger partial charge is 0.262 e. The molecule has 30 heavy (non-hydrogen) atoms. The Morgan fingerprint density at radius 2 is 1.73 bits per heavy atom. The van der Waals surface area contributed by atoms with Crippen molar-refractivity contribution >= 4 is 22.7 Å². The molecule has 0 bridgehead atoms.